The molecule has 0 aliphatic carbocycles. The van der Waals surface area contributed by atoms with Gasteiger partial charge in [0.25, 0.3) is 5.56 Å². The van der Waals surface area contributed by atoms with Gasteiger partial charge in [-0.2, -0.15) is 4.98 Å². The van der Waals surface area contributed by atoms with Crippen LogP contribution in [0.25, 0.3) is 16.9 Å². The number of primary amides is 1. The monoisotopic (exact) mass is 366 g/mol. The number of aromatic nitrogens is 5. The fourth-order valence-electron chi connectivity index (χ4n) is 3.31. The molecule has 2 N–H and O–H groups in total. The minimum Gasteiger partial charge on any atom is -0.368 e. The number of aryl methyl sites for hydroxylation is 2. The van der Waals surface area contributed by atoms with Crippen LogP contribution in [-0.2, 0) is 24.9 Å². The molecule has 27 heavy (non-hydrogen) atoms. The Bertz CT molecular complexity index is 1310. The smallest absolute Gasteiger partial charge is 0.332 e. The van der Waals surface area contributed by atoms with Crippen molar-refractivity contribution in [3.05, 3.63) is 68.6 Å². The highest BCUT2D eigenvalue weighted by Crippen LogP contribution is 2.17. The van der Waals surface area contributed by atoms with Gasteiger partial charge in [-0.3, -0.25) is 18.6 Å². The molecule has 1 aromatic carbocycles. The molecule has 0 unspecified atom stereocenters. The molecular formula is C18H18N6O3. The average Bonchev–Trinajstić information content (AvgIpc) is 3.14. The first-order chi connectivity index (χ1) is 12.9. The molecule has 3 heterocycles. The van der Waals surface area contributed by atoms with Crippen molar-refractivity contribution in [3.63, 3.8) is 0 Å². The van der Waals surface area contributed by atoms with E-state index < -0.39 is 23.7 Å². The number of hydrogen-bond acceptors (Lipinski definition) is 4. The Morgan fingerprint density at radius 3 is 2.52 bits per heavy atom. The maximum Gasteiger partial charge on any atom is 0.332 e. The van der Waals surface area contributed by atoms with Gasteiger partial charge in [-0.1, -0.05) is 30.3 Å². The second kappa shape index (κ2) is 5.97. The lowest BCUT2D eigenvalue weighted by Crippen LogP contribution is -2.42. The molecule has 9 nitrogen and oxygen atoms in total. The molecule has 9 heteroatoms. The van der Waals surface area contributed by atoms with Gasteiger partial charge in [-0.05, 0) is 12.5 Å². The maximum atomic E-state index is 12.9. The summed E-state index contributed by atoms with van der Waals surface area (Å²) >= 11 is 0. The quantitative estimate of drug-likeness (QED) is 0.548. The van der Waals surface area contributed by atoms with Crippen molar-refractivity contribution >= 4 is 22.8 Å². The molecule has 0 saturated heterocycles. The fraction of sp³-hybridized carbons (Fsp3) is 0.222. The van der Waals surface area contributed by atoms with Crippen molar-refractivity contribution < 1.29 is 4.79 Å². The number of fused-ring (bicyclic) bond motifs is 3. The third-order valence-corrected chi connectivity index (χ3v) is 4.64. The SMILES string of the molecule is Cc1cn2c3c(=O)n(CC(N)=O)c(=O)n(C)c3nc2n1Cc1ccccc1. The zero-order valence-electron chi connectivity index (χ0n) is 14.9. The predicted octanol–water partition coefficient (Wildman–Crippen LogP) is -0.00858. The van der Waals surface area contributed by atoms with E-state index in [1.165, 1.54) is 11.6 Å². The Morgan fingerprint density at radius 2 is 1.85 bits per heavy atom. The molecule has 0 atom stereocenters. The average molecular weight is 366 g/mol. The first kappa shape index (κ1) is 16.8. The lowest BCUT2D eigenvalue weighted by molar-refractivity contribution is -0.118. The molecule has 0 radical (unpaired) electrons. The van der Waals surface area contributed by atoms with Gasteiger partial charge in [0.2, 0.25) is 11.7 Å². The number of imidazole rings is 2. The Hall–Kier alpha value is -3.62. The van der Waals surface area contributed by atoms with Gasteiger partial charge in [-0.25, -0.2) is 9.36 Å². The number of hydrogen-bond donors (Lipinski definition) is 1. The van der Waals surface area contributed by atoms with Crippen LogP contribution < -0.4 is 17.0 Å². The van der Waals surface area contributed by atoms with Crippen LogP contribution in [0.5, 0.6) is 0 Å². The molecule has 4 aromatic rings. The van der Waals surface area contributed by atoms with Crippen LogP contribution >= 0.6 is 0 Å². The largest absolute Gasteiger partial charge is 0.368 e. The van der Waals surface area contributed by atoms with Gasteiger partial charge >= 0.3 is 5.69 Å². The summed E-state index contributed by atoms with van der Waals surface area (Å²) in [5.41, 5.74) is 6.48. The van der Waals surface area contributed by atoms with Crippen LogP contribution in [0.2, 0.25) is 0 Å². The molecule has 3 aromatic heterocycles. The van der Waals surface area contributed by atoms with Crippen LogP contribution in [-0.4, -0.2) is 29.0 Å². The highest BCUT2D eigenvalue weighted by molar-refractivity contribution is 5.77. The fourth-order valence-corrected chi connectivity index (χ4v) is 3.31. The zero-order chi connectivity index (χ0) is 19.3. The third kappa shape index (κ3) is 2.55. The first-order valence-electron chi connectivity index (χ1n) is 8.38. The summed E-state index contributed by atoms with van der Waals surface area (Å²) in [6.07, 6.45) is 1.80. The minimum atomic E-state index is -0.757. The number of benzene rings is 1. The van der Waals surface area contributed by atoms with Crippen molar-refractivity contribution in [3.8, 4) is 0 Å². The number of carbonyl (C=O) groups excluding carboxylic acids is 1. The summed E-state index contributed by atoms with van der Waals surface area (Å²) in [5, 5.41) is 0. The van der Waals surface area contributed by atoms with E-state index in [-0.39, 0.29) is 11.2 Å². The van der Waals surface area contributed by atoms with E-state index in [9.17, 15) is 14.4 Å². The molecule has 0 aliphatic heterocycles. The zero-order valence-corrected chi connectivity index (χ0v) is 14.9. The van der Waals surface area contributed by atoms with E-state index in [4.69, 9.17) is 5.73 Å². The van der Waals surface area contributed by atoms with Crippen molar-refractivity contribution in [2.45, 2.75) is 20.0 Å². The molecule has 0 aliphatic rings. The second-order valence-corrected chi connectivity index (χ2v) is 6.50. The molecule has 1 amide bonds. The lowest BCUT2D eigenvalue weighted by atomic mass is 10.2. The highest BCUT2D eigenvalue weighted by Gasteiger charge is 2.20. The van der Waals surface area contributed by atoms with E-state index in [2.05, 4.69) is 4.98 Å². The molecule has 4 rings (SSSR count). The van der Waals surface area contributed by atoms with E-state index in [1.54, 1.807) is 10.6 Å². The van der Waals surface area contributed by atoms with Crippen molar-refractivity contribution in [2.24, 2.45) is 12.8 Å². The topological polar surface area (TPSA) is 109 Å². The van der Waals surface area contributed by atoms with E-state index in [1.807, 2.05) is 41.8 Å². The molecule has 138 valence electrons. The van der Waals surface area contributed by atoms with Gasteiger partial charge in [0.1, 0.15) is 6.54 Å². The Balaban J connectivity index is 2.02. The van der Waals surface area contributed by atoms with Gasteiger partial charge in [0, 0.05) is 18.9 Å². The standard InChI is InChI=1S/C18H18N6O3/c1-11-8-23-14-15(21(2)18(27)24(16(14)26)10-13(19)25)20-17(23)22(11)9-12-6-4-3-5-7-12/h3-8H,9-10H2,1-2H3,(H2,19,25). The molecule has 0 bridgehead atoms. The lowest BCUT2D eigenvalue weighted by Gasteiger charge is -2.06. The van der Waals surface area contributed by atoms with Gasteiger partial charge in [0.05, 0.1) is 6.54 Å². The molecule has 0 saturated carbocycles. The Kier molecular flexibility index (Phi) is 3.72. The predicted molar refractivity (Wildman–Crippen MR) is 99.7 cm³/mol. The Labute approximate surface area is 152 Å². The number of amides is 1. The second-order valence-electron chi connectivity index (χ2n) is 6.50. The number of nitrogens with zero attached hydrogens (tertiary/aromatic N) is 5. The van der Waals surface area contributed by atoms with Crippen LogP contribution in [0.4, 0.5) is 0 Å². The van der Waals surface area contributed by atoms with Gasteiger partial charge in [-0.15, -0.1) is 0 Å². The molecule has 0 fully saturated rings. The van der Waals surface area contributed by atoms with Crippen LogP contribution in [0, 0.1) is 6.92 Å². The van der Waals surface area contributed by atoms with Crippen LogP contribution in [0.15, 0.2) is 46.1 Å². The van der Waals surface area contributed by atoms with E-state index in [0.29, 0.717) is 12.3 Å². The van der Waals surface area contributed by atoms with Gasteiger partial charge < -0.3 is 10.3 Å². The molecular weight excluding hydrogens is 348 g/mol. The summed E-state index contributed by atoms with van der Waals surface area (Å²) in [5.74, 6) is -0.206. The minimum absolute atomic E-state index is 0.239. The summed E-state index contributed by atoms with van der Waals surface area (Å²) in [7, 11) is 1.52. The number of nitrogens with two attached hydrogens (primary N) is 1. The number of carbonyl (C=O) groups is 1. The van der Waals surface area contributed by atoms with Gasteiger partial charge in [0.15, 0.2) is 11.2 Å². The maximum absolute atomic E-state index is 12.9. The highest BCUT2D eigenvalue weighted by atomic mass is 16.2. The van der Waals surface area contributed by atoms with Crippen molar-refractivity contribution in [1.29, 1.82) is 0 Å². The summed E-state index contributed by atoms with van der Waals surface area (Å²) in [6, 6.07) is 9.88. The summed E-state index contributed by atoms with van der Waals surface area (Å²) in [6.45, 7) is 2.03. The van der Waals surface area contributed by atoms with Crippen LogP contribution in [0.3, 0.4) is 0 Å². The number of rotatable bonds is 4. The van der Waals surface area contributed by atoms with E-state index in [0.717, 1.165) is 15.8 Å². The van der Waals surface area contributed by atoms with Crippen LogP contribution in [0.1, 0.15) is 11.3 Å². The third-order valence-electron chi connectivity index (χ3n) is 4.64. The summed E-state index contributed by atoms with van der Waals surface area (Å²) < 4.78 is 5.72. The first-order valence-corrected chi connectivity index (χ1v) is 8.38. The van der Waals surface area contributed by atoms with E-state index >= 15 is 0 Å². The normalized spacial score (nSPS) is 11.5. The molecule has 0 spiro atoms. The Morgan fingerprint density at radius 1 is 1.15 bits per heavy atom. The summed E-state index contributed by atoms with van der Waals surface area (Å²) in [4.78, 5) is 41.1. The van der Waals surface area contributed by atoms with Crippen molar-refractivity contribution in [2.75, 3.05) is 0 Å². The van der Waals surface area contributed by atoms with Crippen molar-refractivity contribution in [1.82, 2.24) is 23.1 Å².